The van der Waals surface area contributed by atoms with E-state index < -0.39 is 11.0 Å². The molecule has 0 fully saturated rings. The lowest BCUT2D eigenvalue weighted by atomic mass is 9.97. The summed E-state index contributed by atoms with van der Waals surface area (Å²) >= 11 is 8.76. The molecule has 0 spiro atoms. The Morgan fingerprint density at radius 3 is 2.94 bits per heavy atom. The van der Waals surface area contributed by atoms with Crippen LogP contribution in [0.2, 0.25) is 0 Å². The number of nitrogens with zero attached hydrogens (tertiary/aromatic N) is 4. The zero-order valence-corrected chi connectivity index (χ0v) is 12.1. The van der Waals surface area contributed by atoms with E-state index in [0.29, 0.717) is 16.0 Å². The molecule has 5 nitrogen and oxygen atoms in total. The molecule has 0 saturated carbocycles. The molecule has 0 amide bonds. The lowest BCUT2D eigenvalue weighted by molar-refractivity contribution is 0.195. The van der Waals surface area contributed by atoms with E-state index in [-0.39, 0.29) is 0 Å². The molecule has 1 heterocycles. The molecule has 1 aromatic rings. The molecular weight excluding hydrogens is 292 g/mol. The average Bonchev–Trinajstić information content (AvgIpc) is 2.78. The van der Waals surface area contributed by atoms with E-state index in [2.05, 4.69) is 19.6 Å². The molecule has 1 N–H and O–H groups in total. The summed E-state index contributed by atoms with van der Waals surface area (Å²) in [7, 11) is 0. The van der Waals surface area contributed by atoms with Crippen LogP contribution >= 0.6 is 34.9 Å². The summed E-state index contributed by atoms with van der Waals surface area (Å²) in [5, 5.41) is 18.8. The Labute approximate surface area is 118 Å². The highest BCUT2D eigenvalue weighted by Gasteiger charge is 2.29. The molecule has 1 aromatic heterocycles. The second-order valence-corrected chi connectivity index (χ2v) is 6.11. The fraction of sp³-hybridized carbons (Fsp3) is 0.400. The van der Waals surface area contributed by atoms with Crippen LogP contribution < -0.4 is 0 Å². The molecule has 96 valence electrons. The van der Waals surface area contributed by atoms with E-state index >= 15 is 0 Å². The number of aliphatic hydroxyl groups is 1. The summed E-state index contributed by atoms with van der Waals surface area (Å²) in [6, 6.07) is 0. The normalized spacial score (nSPS) is 27.8. The first-order valence-corrected chi connectivity index (χ1v) is 7.46. The third-order valence-corrected chi connectivity index (χ3v) is 3.88. The van der Waals surface area contributed by atoms with Crippen molar-refractivity contribution in [3.05, 3.63) is 23.9 Å². The van der Waals surface area contributed by atoms with Gasteiger partial charge < -0.3 is 5.11 Å². The summed E-state index contributed by atoms with van der Waals surface area (Å²) in [5.74, 6) is 0. The minimum absolute atomic E-state index is 0.496. The molecule has 8 heteroatoms. The number of hydrogen-bond donors (Lipinski definition) is 1. The van der Waals surface area contributed by atoms with Gasteiger partial charge in [0, 0.05) is 11.5 Å². The van der Waals surface area contributed by atoms with E-state index in [1.54, 1.807) is 25.2 Å². The highest BCUT2D eigenvalue weighted by Crippen LogP contribution is 2.29. The summed E-state index contributed by atoms with van der Waals surface area (Å²) in [5.41, 5.74) is 0.596. The SMILES string of the molecule is CSc1nsc(N=NC2=CC(C)(Cl)C(O)C=C2)n1. The van der Waals surface area contributed by atoms with Gasteiger partial charge in [-0.1, -0.05) is 17.8 Å². The Bertz CT molecular complexity index is 524. The molecule has 0 aromatic carbocycles. The predicted octanol–water partition coefficient (Wildman–Crippen LogP) is 3.16. The predicted molar refractivity (Wildman–Crippen MR) is 73.7 cm³/mol. The second kappa shape index (κ2) is 5.48. The molecule has 1 aliphatic carbocycles. The van der Waals surface area contributed by atoms with Crippen LogP contribution in [0.1, 0.15) is 6.92 Å². The van der Waals surface area contributed by atoms with Gasteiger partial charge >= 0.3 is 0 Å². The molecule has 2 atom stereocenters. The maximum atomic E-state index is 9.62. The number of azo groups is 1. The van der Waals surface area contributed by atoms with Gasteiger partial charge in [0.25, 0.3) is 0 Å². The topological polar surface area (TPSA) is 70.7 Å². The van der Waals surface area contributed by atoms with Crippen molar-refractivity contribution in [1.29, 1.82) is 0 Å². The number of hydrogen-bond acceptors (Lipinski definition) is 7. The molecule has 0 aliphatic heterocycles. The van der Waals surface area contributed by atoms with Crippen LogP contribution in [0.3, 0.4) is 0 Å². The number of thioether (sulfide) groups is 1. The van der Waals surface area contributed by atoms with E-state index in [9.17, 15) is 5.11 Å². The Kier molecular flexibility index (Phi) is 4.16. The summed E-state index contributed by atoms with van der Waals surface area (Å²) in [6.07, 6.45) is 6.11. The van der Waals surface area contributed by atoms with Crippen LogP contribution in [0, 0.1) is 0 Å². The Balaban J connectivity index is 2.12. The van der Waals surface area contributed by atoms with Crippen molar-refractivity contribution in [3.8, 4) is 0 Å². The summed E-state index contributed by atoms with van der Waals surface area (Å²) in [4.78, 5) is 3.29. The van der Waals surface area contributed by atoms with Crippen molar-refractivity contribution >= 4 is 40.0 Å². The number of allylic oxidation sites excluding steroid dienone is 1. The van der Waals surface area contributed by atoms with Gasteiger partial charge in [0.2, 0.25) is 10.3 Å². The molecular formula is C10H11ClN4OS2. The monoisotopic (exact) mass is 302 g/mol. The van der Waals surface area contributed by atoms with Gasteiger partial charge in [-0.25, -0.2) is 0 Å². The Morgan fingerprint density at radius 1 is 1.56 bits per heavy atom. The zero-order chi connectivity index (χ0) is 13.2. The standard InChI is InChI=1S/C10H11ClN4OS2/c1-10(11)5-6(3-4-7(10)16)13-14-8-12-9(17-2)15-18-8/h3-5,7,16H,1-2H3. The number of halogens is 1. The third kappa shape index (κ3) is 3.17. The smallest absolute Gasteiger partial charge is 0.250 e. The Hall–Kier alpha value is -0.760. The molecule has 0 radical (unpaired) electrons. The first kappa shape index (κ1) is 13.7. The van der Waals surface area contributed by atoms with Crippen LogP contribution in [-0.4, -0.2) is 31.7 Å². The molecule has 2 unspecified atom stereocenters. The maximum absolute atomic E-state index is 9.62. The van der Waals surface area contributed by atoms with E-state index in [1.165, 1.54) is 23.3 Å². The van der Waals surface area contributed by atoms with E-state index in [1.807, 2.05) is 6.26 Å². The lowest BCUT2D eigenvalue weighted by Crippen LogP contribution is -2.31. The lowest BCUT2D eigenvalue weighted by Gasteiger charge is -2.25. The zero-order valence-electron chi connectivity index (χ0n) is 9.74. The highest BCUT2D eigenvalue weighted by molar-refractivity contribution is 7.98. The van der Waals surface area contributed by atoms with Crippen LogP contribution in [-0.2, 0) is 0 Å². The summed E-state index contributed by atoms with van der Waals surface area (Å²) in [6.45, 7) is 1.72. The van der Waals surface area contributed by atoms with Crippen LogP contribution in [0.15, 0.2) is 39.3 Å². The van der Waals surface area contributed by atoms with Crippen molar-refractivity contribution < 1.29 is 5.11 Å². The van der Waals surface area contributed by atoms with E-state index in [0.717, 1.165) is 0 Å². The molecule has 0 bridgehead atoms. The van der Waals surface area contributed by atoms with Gasteiger partial charge in [-0.05, 0) is 25.3 Å². The van der Waals surface area contributed by atoms with Crippen molar-refractivity contribution in [3.63, 3.8) is 0 Å². The highest BCUT2D eigenvalue weighted by atomic mass is 35.5. The quantitative estimate of drug-likeness (QED) is 0.529. The van der Waals surface area contributed by atoms with E-state index in [4.69, 9.17) is 11.6 Å². The van der Waals surface area contributed by atoms with Crippen LogP contribution in [0.5, 0.6) is 0 Å². The largest absolute Gasteiger partial charge is 0.387 e. The van der Waals surface area contributed by atoms with Gasteiger partial charge in [0.05, 0.1) is 16.7 Å². The minimum atomic E-state index is -0.853. The average molecular weight is 303 g/mol. The fourth-order valence-electron chi connectivity index (χ4n) is 1.29. The third-order valence-electron chi connectivity index (χ3n) is 2.29. The number of aromatic nitrogens is 2. The first-order chi connectivity index (χ1) is 8.51. The number of rotatable bonds is 3. The van der Waals surface area contributed by atoms with Crippen LogP contribution in [0.25, 0.3) is 0 Å². The maximum Gasteiger partial charge on any atom is 0.250 e. The molecule has 18 heavy (non-hydrogen) atoms. The van der Waals surface area contributed by atoms with Gasteiger partial charge in [0.1, 0.15) is 0 Å². The van der Waals surface area contributed by atoms with Crippen molar-refractivity contribution in [2.45, 2.75) is 23.1 Å². The van der Waals surface area contributed by atoms with Gasteiger partial charge in [-0.3, -0.25) is 0 Å². The number of aliphatic hydroxyl groups excluding tert-OH is 1. The van der Waals surface area contributed by atoms with Crippen molar-refractivity contribution in [2.24, 2.45) is 10.2 Å². The number of alkyl halides is 1. The molecule has 2 rings (SSSR count). The molecule has 0 saturated heterocycles. The van der Waals surface area contributed by atoms with Crippen molar-refractivity contribution in [1.82, 2.24) is 9.36 Å². The van der Waals surface area contributed by atoms with Gasteiger partial charge in [-0.15, -0.1) is 21.8 Å². The van der Waals surface area contributed by atoms with Crippen molar-refractivity contribution in [2.75, 3.05) is 6.26 Å². The van der Waals surface area contributed by atoms with Gasteiger partial charge in [-0.2, -0.15) is 9.36 Å². The van der Waals surface area contributed by atoms with Gasteiger partial charge in [0.15, 0.2) is 0 Å². The van der Waals surface area contributed by atoms with Crippen LogP contribution in [0.4, 0.5) is 5.13 Å². The first-order valence-electron chi connectivity index (χ1n) is 5.09. The summed E-state index contributed by atoms with van der Waals surface area (Å²) < 4.78 is 4.08. The fourth-order valence-corrected chi connectivity index (χ4v) is 2.52. The minimum Gasteiger partial charge on any atom is -0.387 e. The Morgan fingerprint density at radius 2 is 2.33 bits per heavy atom. The second-order valence-electron chi connectivity index (χ2n) is 3.79. The molecule has 1 aliphatic rings.